The Kier molecular flexibility index (Phi) is 4.27. The van der Waals surface area contributed by atoms with Crippen LogP contribution in [0.5, 0.6) is 5.75 Å². The molecule has 1 aliphatic rings. The van der Waals surface area contributed by atoms with E-state index in [4.69, 9.17) is 16.3 Å². The van der Waals surface area contributed by atoms with Crippen LogP contribution >= 0.6 is 11.6 Å². The number of rotatable bonds is 3. The van der Waals surface area contributed by atoms with Crippen LogP contribution in [0, 0.1) is 11.7 Å². The Bertz CT molecular complexity index is 372. The molecule has 1 aromatic rings. The fourth-order valence-electron chi connectivity index (χ4n) is 2.29. The van der Waals surface area contributed by atoms with Gasteiger partial charge in [-0.1, -0.05) is 6.92 Å². The molecule has 0 saturated heterocycles. The van der Waals surface area contributed by atoms with Crippen molar-refractivity contribution < 1.29 is 9.13 Å². The Labute approximate surface area is 107 Å². The van der Waals surface area contributed by atoms with Crippen LogP contribution in [0.2, 0.25) is 0 Å². The van der Waals surface area contributed by atoms with Gasteiger partial charge in [0.15, 0.2) is 0 Å². The summed E-state index contributed by atoms with van der Waals surface area (Å²) in [5.41, 5.74) is 0.741. The summed E-state index contributed by atoms with van der Waals surface area (Å²) in [5.74, 6) is 1.57. The van der Waals surface area contributed by atoms with Gasteiger partial charge >= 0.3 is 0 Å². The zero-order chi connectivity index (χ0) is 12.3. The van der Waals surface area contributed by atoms with Crippen molar-refractivity contribution in [3.8, 4) is 5.75 Å². The van der Waals surface area contributed by atoms with Crippen molar-refractivity contribution in [2.75, 3.05) is 0 Å². The van der Waals surface area contributed by atoms with Crippen LogP contribution in [-0.4, -0.2) is 6.10 Å². The molecule has 0 unspecified atom stereocenters. The summed E-state index contributed by atoms with van der Waals surface area (Å²) >= 11 is 5.80. The van der Waals surface area contributed by atoms with Gasteiger partial charge in [-0.15, -0.1) is 11.6 Å². The highest BCUT2D eigenvalue weighted by Gasteiger charge is 2.20. The van der Waals surface area contributed by atoms with Gasteiger partial charge in [-0.3, -0.25) is 0 Å². The minimum atomic E-state index is -0.259. The predicted octanol–water partition coefficient (Wildman–Crippen LogP) is 4.52. The van der Waals surface area contributed by atoms with E-state index in [-0.39, 0.29) is 17.8 Å². The third kappa shape index (κ3) is 3.35. The molecule has 0 heterocycles. The lowest BCUT2D eigenvalue weighted by molar-refractivity contribution is 0.134. The van der Waals surface area contributed by atoms with Crippen LogP contribution in [0.25, 0.3) is 0 Å². The monoisotopic (exact) mass is 256 g/mol. The zero-order valence-corrected chi connectivity index (χ0v) is 10.8. The number of benzene rings is 1. The van der Waals surface area contributed by atoms with Gasteiger partial charge in [0, 0.05) is 5.56 Å². The van der Waals surface area contributed by atoms with Crippen molar-refractivity contribution in [2.24, 2.45) is 5.92 Å². The molecule has 0 amide bonds. The number of hydrogen-bond donors (Lipinski definition) is 0. The van der Waals surface area contributed by atoms with Crippen molar-refractivity contribution >= 4 is 11.6 Å². The summed E-state index contributed by atoms with van der Waals surface area (Å²) in [4.78, 5) is 0. The first-order valence-electron chi connectivity index (χ1n) is 6.20. The molecule has 0 atom stereocenters. The minimum Gasteiger partial charge on any atom is -0.490 e. The maximum absolute atomic E-state index is 13.0. The molecule has 1 fully saturated rings. The van der Waals surface area contributed by atoms with Gasteiger partial charge in [0.05, 0.1) is 12.0 Å². The molecule has 1 aromatic carbocycles. The minimum absolute atomic E-state index is 0.259. The van der Waals surface area contributed by atoms with Crippen LogP contribution in [-0.2, 0) is 5.88 Å². The van der Waals surface area contributed by atoms with Crippen molar-refractivity contribution in [3.63, 3.8) is 0 Å². The second kappa shape index (κ2) is 5.72. The fraction of sp³-hybridized carbons (Fsp3) is 0.571. The first-order chi connectivity index (χ1) is 8.19. The normalized spacial score (nSPS) is 24.6. The van der Waals surface area contributed by atoms with E-state index in [1.807, 2.05) is 0 Å². The largest absolute Gasteiger partial charge is 0.490 e. The van der Waals surface area contributed by atoms with Crippen LogP contribution < -0.4 is 4.74 Å². The number of ether oxygens (including phenoxy) is 1. The molecule has 0 N–H and O–H groups in total. The van der Waals surface area contributed by atoms with Gasteiger partial charge in [0.25, 0.3) is 0 Å². The van der Waals surface area contributed by atoms with Crippen LogP contribution in [0.15, 0.2) is 18.2 Å². The Morgan fingerprint density at radius 1 is 1.29 bits per heavy atom. The second-order valence-corrected chi connectivity index (χ2v) is 5.15. The Balaban J connectivity index is 2.03. The van der Waals surface area contributed by atoms with Gasteiger partial charge in [-0.05, 0) is 49.8 Å². The van der Waals surface area contributed by atoms with Gasteiger partial charge < -0.3 is 4.74 Å². The molecule has 1 aliphatic carbocycles. The summed E-state index contributed by atoms with van der Waals surface area (Å²) in [7, 11) is 0. The van der Waals surface area contributed by atoms with Crippen molar-refractivity contribution in [3.05, 3.63) is 29.6 Å². The molecule has 17 heavy (non-hydrogen) atoms. The maximum atomic E-state index is 13.0. The fourth-order valence-corrected chi connectivity index (χ4v) is 2.50. The Hall–Kier alpha value is -0.760. The molecule has 0 aliphatic heterocycles. The summed E-state index contributed by atoms with van der Waals surface area (Å²) < 4.78 is 19.0. The highest BCUT2D eigenvalue weighted by molar-refractivity contribution is 6.17. The van der Waals surface area contributed by atoms with Crippen molar-refractivity contribution in [1.29, 1.82) is 0 Å². The summed E-state index contributed by atoms with van der Waals surface area (Å²) in [6.45, 7) is 2.28. The van der Waals surface area contributed by atoms with E-state index in [9.17, 15) is 4.39 Å². The van der Waals surface area contributed by atoms with E-state index in [1.165, 1.54) is 25.0 Å². The van der Waals surface area contributed by atoms with Gasteiger partial charge in [-0.25, -0.2) is 4.39 Å². The quantitative estimate of drug-likeness (QED) is 0.723. The highest BCUT2D eigenvalue weighted by atomic mass is 35.5. The second-order valence-electron chi connectivity index (χ2n) is 4.89. The molecule has 1 saturated carbocycles. The number of hydrogen-bond acceptors (Lipinski definition) is 1. The maximum Gasteiger partial charge on any atom is 0.124 e. The van der Waals surface area contributed by atoms with Gasteiger partial charge in [0.1, 0.15) is 11.6 Å². The Morgan fingerprint density at radius 3 is 2.65 bits per heavy atom. The van der Waals surface area contributed by atoms with Crippen LogP contribution in [0.4, 0.5) is 4.39 Å². The first kappa shape index (κ1) is 12.7. The lowest BCUT2D eigenvalue weighted by Crippen LogP contribution is -2.23. The zero-order valence-electron chi connectivity index (χ0n) is 10.1. The molecular weight excluding hydrogens is 239 g/mol. The first-order valence-corrected chi connectivity index (χ1v) is 6.73. The summed E-state index contributed by atoms with van der Waals surface area (Å²) in [5, 5.41) is 0. The van der Waals surface area contributed by atoms with Crippen molar-refractivity contribution in [2.45, 2.75) is 44.6 Å². The lowest BCUT2D eigenvalue weighted by atomic mass is 9.89. The predicted molar refractivity (Wildman–Crippen MR) is 68.0 cm³/mol. The van der Waals surface area contributed by atoms with Gasteiger partial charge in [-0.2, -0.15) is 0 Å². The molecule has 3 heteroatoms. The molecule has 0 aromatic heterocycles. The van der Waals surface area contributed by atoms with E-state index in [0.717, 1.165) is 30.1 Å². The van der Waals surface area contributed by atoms with E-state index in [2.05, 4.69) is 6.92 Å². The third-order valence-corrected chi connectivity index (χ3v) is 3.71. The SMILES string of the molecule is CC1CCC(Oc2ccc(F)cc2CCl)CC1. The molecule has 2 rings (SSSR count). The standard InChI is InChI=1S/C14H18ClFO/c1-10-2-5-13(6-3-10)17-14-7-4-12(16)8-11(14)9-15/h4,7-8,10,13H,2-3,5-6,9H2,1H3. The average molecular weight is 257 g/mol. The third-order valence-electron chi connectivity index (χ3n) is 3.42. The average Bonchev–Trinajstić information content (AvgIpc) is 2.34. The van der Waals surface area contributed by atoms with Gasteiger partial charge in [0.2, 0.25) is 0 Å². The van der Waals surface area contributed by atoms with E-state index in [1.54, 1.807) is 6.07 Å². The molecule has 94 valence electrons. The van der Waals surface area contributed by atoms with E-state index >= 15 is 0 Å². The van der Waals surface area contributed by atoms with E-state index < -0.39 is 0 Å². The lowest BCUT2D eigenvalue weighted by Gasteiger charge is -2.27. The van der Waals surface area contributed by atoms with Crippen LogP contribution in [0.3, 0.4) is 0 Å². The molecule has 1 nitrogen and oxygen atoms in total. The highest BCUT2D eigenvalue weighted by Crippen LogP contribution is 2.29. The van der Waals surface area contributed by atoms with Crippen LogP contribution in [0.1, 0.15) is 38.2 Å². The summed E-state index contributed by atoms with van der Waals surface area (Å²) in [6, 6.07) is 4.57. The molecule has 0 spiro atoms. The molecule has 0 bridgehead atoms. The summed E-state index contributed by atoms with van der Waals surface area (Å²) in [6.07, 6.45) is 4.85. The van der Waals surface area contributed by atoms with E-state index in [0.29, 0.717) is 0 Å². The van der Waals surface area contributed by atoms with Crippen molar-refractivity contribution in [1.82, 2.24) is 0 Å². The topological polar surface area (TPSA) is 9.23 Å². The molecular formula is C14H18ClFO. The Morgan fingerprint density at radius 2 is 2.00 bits per heavy atom. The number of alkyl halides is 1. The molecule has 0 radical (unpaired) electrons. The smallest absolute Gasteiger partial charge is 0.124 e. The number of halogens is 2.